The molecule has 1 saturated carbocycles. The highest BCUT2D eigenvalue weighted by Crippen LogP contribution is 2.23. The largest absolute Gasteiger partial charge is 0.396 e. The van der Waals surface area contributed by atoms with Crippen molar-refractivity contribution in [2.24, 2.45) is 11.7 Å². The summed E-state index contributed by atoms with van der Waals surface area (Å²) in [6.07, 6.45) is -0.437. The standard InChI is InChI=1S/C7H15NO3/c8-5-1-4(3-9)6(10)2-7(5)11/h4-7,9-11H,1-3,8H2. The number of hydrogen-bond donors (Lipinski definition) is 4. The summed E-state index contributed by atoms with van der Waals surface area (Å²) in [4.78, 5) is 0. The average Bonchev–Trinajstić information content (AvgIpc) is 1.97. The van der Waals surface area contributed by atoms with E-state index in [4.69, 9.17) is 10.8 Å². The maximum absolute atomic E-state index is 9.28. The summed E-state index contributed by atoms with van der Waals surface area (Å²) in [5, 5.41) is 27.2. The molecule has 1 fully saturated rings. The van der Waals surface area contributed by atoms with E-state index in [1.54, 1.807) is 0 Å². The highest BCUT2D eigenvalue weighted by atomic mass is 16.3. The van der Waals surface area contributed by atoms with Gasteiger partial charge in [-0.3, -0.25) is 0 Å². The van der Waals surface area contributed by atoms with Crippen molar-refractivity contribution in [2.45, 2.75) is 31.1 Å². The molecule has 1 rings (SSSR count). The molecule has 0 radical (unpaired) electrons. The number of aliphatic hydroxyl groups is 3. The molecule has 1 aliphatic carbocycles. The molecule has 4 heteroatoms. The van der Waals surface area contributed by atoms with Crippen LogP contribution >= 0.6 is 0 Å². The lowest BCUT2D eigenvalue weighted by Crippen LogP contribution is -2.47. The normalized spacial score (nSPS) is 45.8. The van der Waals surface area contributed by atoms with Crippen molar-refractivity contribution in [1.29, 1.82) is 0 Å². The van der Waals surface area contributed by atoms with Crippen LogP contribution in [0.5, 0.6) is 0 Å². The van der Waals surface area contributed by atoms with E-state index in [-0.39, 0.29) is 25.0 Å². The van der Waals surface area contributed by atoms with Crippen molar-refractivity contribution in [3.63, 3.8) is 0 Å². The van der Waals surface area contributed by atoms with Gasteiger partial charge in [0.15, 0.2) is 0 Å². The summed E-state index contributed by atoms with van der Waals surface area (Å²) >= 11 is 0. The van der Waals surface area contributed by atoms with Gasteiger partial charge in [-0.1, -0.05) is 0 Å². The molecular formula is C7H15NO3. The van der Waals surface area contributed by atoms with Gasteiger partial charge in [-0.15, -0.1) is 0 Å². The van der Waals surface area contributed by atoms with Gasteiger partial charge < -0.3 is 21.1 Å². The Labute approximate surface area is 65.6 Å². The first kappa shape index (κ1) is 8.93. The molecule has 0 aromatic heterocycles. The van der Waals surface area contributed by atoms with Crippen molar-refractivity contribution in [3.8, 4) is 0 Å². The van der Waals surface area contributed by atoms with Crippen molar-refractivity contribution in [3.05, 3.63) is 0 Å². The van der Waals surface area contributed by atoms with Crippen molar-refractivity contribution < 1.29 is 15.3 Å². The molecule has 0 aliphatic heterocycles. The predicted octanol–water partition coefficient (Wildman–Crippen LogP) is -1.56. The second kappa shape index (κ2) is 3.49. The van der Waals surface area contributed by atoms with Crippen LogP contribution < -0.4 is 5.73 Å². The smallest absolute Gasteiger partial charge is 0.0715 e. The Bertz CT molecular complexity index is 131. The second-order valence-corrected chi connectivity index (χ2v) is 3.21. The van der Waals surface area contributed by atoms with Gasteiger partial charge in [-0.2, -0.15) is 0 Å². The van der Waals surface area contributed by atoms with Crippen LogP contribution in [0.1, 0.15) is 12.8 Å². The minimum atomic E-state index is -0.618. The van der Waals surface area contributed by atoms with E-state index in [2.05, 4.69) is 0 Å². The summed E-state index contributed by atoms with van der Waals surface area (Å²) in [5.74, 6) is -0.159. The minimum absolute atomic E-state index is 0.0540. The van der Waals surface area contributed by atoms with E-state index in [0.717, 1.165) is 0 Å². The third-order valence-corrected chi connectivity index (χ3v) is 2.33. The van der Waals surface area contributed by atoms with Gasteiger partial charge in [0.05, 0.1) is 12.2 Å². The highest BCUT2D eigenvalue weighted by molar-refractivity contribution is 4.87. The van der Waals surface area contributed by atoms with Crippen molar-refractivity contribution >= 4 is 0 Å². The van der Waals surface area contributed by atoms with Crippen LogP contribution in [0.25, 0.3) is 0 Å². The van der Waals surface area contributed by atoms with Gasteiger partial charge >= 0.3 is 0 Å². The lowest BCUT2D eigenvalue weighted by Gasteiger charge is -2.33. The predicted molar refractivity (Wildman–Crippen MR) is 39.8 cm³/mol. The molecule has 0 amide bonds. The Morgan fingerprint density at radius 1 is 1.18 bits per heavy atom. The number of aliphatic hydroxyl groups excluding tert-OH is 3. The fourth-order valence-corrected chi connectivity index (χ4v) is 1.47. The zero-order valence-electron chi connectivity index (χ0n) is 6.35. The lowest BCUT2D eigenvalue weighted by molar-refractivity contribution is -0.0279. The molecule has 0 aromatic rings. The Balaban J connectivity index is 2.48. The molecule has 0 bridgehead atoms. The van der Waals surface area contributed by atoms with E-state index in [1.165, 1.54) is 0 Å². The Kier molecular flexibility index (Phi) is 2.84. The molecule has 4 unspecified atom stereocenters. The van der Waals surface area contributed by atoms with Gasteiger partial charge in [0.25, 0.3) is 0 Å². The van der Waals surface area contributed by atoms with E-state index in [0.29, 0.717) is 6.42 Å². The quantitative estimate of drug-likeness (QED) is 0.374. The molecule has 4 nitrogen and oxygen atoms in total. The summed E-state index contributed by atoms with van der Waals surface area (Å²) in [6.45, 7) is -0.0540. The van der Waals surface area contributed by atoms with Crippen LogP contribution in [0.4, 0.5) is 0 Å². The summed E-state index contributed by atoms with van der Waals surface area (Å²) < 4.78 is 0. The third kappa shape index (κ3) is 1.90. The fraction of sp³-hybridized carbons (Fsp3) is 1.00. The summed E-state index contributed by atoms with van der Waals surface area (Å²) in [5.41, 5.74) is 5.53. The number of nitrogens with two attached hydrogens (primary N) is 1. The van der Waals surface area contributed by atoms with Crippen LogP contribution in [0.3, 0.4) is 0 Å². The zero-order chi connectivity index (χ0) is 8.43. The van der Waals surface area contributed by atoms with Crippen LogP contribution in [0.2, 0.25) is 0 Å². The molecule has 0 aromatic carbocycles. The molecule has 66 valence electrons. The van der Waals surface area contributed by atoms with E-state index in [9.17, 15) is 10.2 Å². The Hall–Kier alpha value is -0.160. The molecule has 0 heterocycles. The average molecular weight is 161 g/mol. The SMILES string of the molecule is NC1CC(CO)C(O)CC1O. The molecule has 11 heavy (non-hydrogen) atoms. The first-order chi connectivity index (χ1) is 5.15. The summed E-state index contributed by atoms with van der Waals surface area (Å²) in [6, 6.07) is -0.296. The van der Waals surface area contributed by atoms with Gasteiger partial charge in [-0.05, 0) is 6.42 Å². The lowest BCUT2D eigenvalue weighted by atomic mass is 9.82. The summed E-state index contributed by atoms with van der Waals surface area (Å²) in [7, 11) is 0. The first-order valence-corrected chi connectivity index (χ1v) is 3.87. The van der Waals surface area contributed by atoms with E-state index >= 15 is 0 Å². The Morgan fingerprint density at radius 3 is 2.36 bits per heavy atom. The van der Waals surface area contributed by atoms with Crippen LogP contribution in [-0.2, 0) is 0 Å². The number of rotatable bonds is 1. The van der Waals surface area contributed by atoms with Gasteiger partial charge in [0.2, 0.25) is 0 Å². The Morgan fingerprint density at radius 2 is 1.82 bits per heavy atom. The van der Waals surface area contributed by atoms with E-state index in [1.807, 2.05) is 0 Å². The van der Waals surface area contributed by atoms with E-state index < -0.39 is 12.2 Å². The molecule has 1 aliphatic rings. The topological polar surface area (TPSA) is 86.7 Å². The maximum Gasteiger partial charge on any atom is 0.0715 e. The van der Waals surface area contributed by atoms with Gasteiger partial charge in [-0.25, -0.2) is 0 Å². The van der Waals surface area contributed by atoms with Gasteiger partial charge in [0, 0.05) is 25.0 Å². The molecule has 0 saturated heterocycles. The van der Waals surface area contributed by atoms with Crippen LogP contribution in [0.15, 0.2) is 0 Å². The fourth-order valence-electron chi connectivity index (χ4n) is 1.47. The molecule has 0 spiro atoms. The zero-order valence-corrected chi connectivity index (χ0v) is 6.35. The number of hydrogen-bond acceptors (Lipinski definition) is 4. The molecular weight excluding hydrogens is 146 g/mol. The van der Waals surface area contributed by atoms with Crippen LogP contribution in [0, 0.1) is 5.92 Å². The second-order valence-electron chi connectivity index (χ2n) is 3.21. The van der Waals surface area contributed by atoms with Crippen LogP contribution in [-0.4, -0.2) is 40.2 Å². The minimum Gasteiger partial charge on any atom is -0.396 e. The maximum atomic E-state index is 9.28. The van der Waals surface area contributed by atoms with Crippen molar-refractivity contribution in [1.82, 2.24) is 0 Å². The molecule has 4 atom stereocenters. The molecule has 5 N–H and O–H groups in total. The third-order valence-electron chi connectivity index (χ3n) is 2.33. The van der Waals surface area contributed by atoms with Gasteiger partial charge in [0.1, 0.15) is 0 Å². The first-order valence-electron chi connectivity index (χ1n) is 3.87. The highest BCUT2D eigenvalue weighted by Gasteiger charge is 2.32. The monoisotopic (exact) mass is 161 g/mol. The van der Waals surface area contributed by atoms with Crippen molar-refractivity contribution in [2.75, 3.05) is 6.61 Å².